The molecule has 0 radical (unpaired) electrons. The molecule has 2 rings (SSSR count). The van der Waals surface area contributed by atoms with E-state index in [0.29, 0.717) is 0 Å². The van der Waals surface area contributed by atoms with Crippen molar-refractivity contribution in [3.63, 3.8) is 0 Å². The minimum absolute atomic E-state index is 0.0689. The van der Waals surface area contributed by atoms with Gasteiger partial charge >= 0.3 is 0 Å². The first kappa shape index (κ1) is 14.2. The Morgan fingerprint density at radius 2 is 2.11 bits per heavy atom. The van der Waals surface area contributed by atoms with Gasteiger partial charge in [0.05, 0.1) is 26.2 Å². The van der Waals surface area contributed by atoms with Crippen LogP contribution in [-0.2, 0) is 0 Å². The van der Waals surface area contributed by atoms with Gasteiger partial charge in [-0.05, 0) is 57.8 Å². The lowest BCUT2D eigenvalue weighted by Gasteiger charge is -2.19. The summed E-state index contributed by atoms with van der Waals surface area (Å²) in [5.41, 5.74) is 3.91. The van der Waals surface area contributed by atoms with E-state index < -0.39 is 0 Å². The quantitative estimate of drug-likeness (QED) is 0.616. The van der Waals surface area contributed by atoms with E-state index in [4.69, 9.17) is 5.84 Å². The van der Waals surface area contributed by atoms with Crippen molar-refractivity contribution in [1.29, 1.82) is 0 Å². The largest absolute Gasteiger partial charge is 0.270 e. The van der Waals surface area contributed by atoms with Crippen molar-refractivity contribution in [3.05, 3.63) is 37.2 Å². The summed E-state index contributed by atoms with van der Waals surface area (Å²) in [6.07, 6.45) is 1.81. The molecular formula is C11H14Br2N4S. The van der Waals surface area contributed by atoms with Crippen molar-refractivity contribution in [2.75, 3.05) is 0 Å². The Labute approximate surface area is 127 Å². The molecule has 4 nitrogen and oxygen atoms in total. The SMILES string of the molecule is CC(C)n1ncc(Br)c1C(NN)c1ccc(Br)s1. The van der Waals surface area contributed by atoms with Crippen LogP contribution in [0, 0.1) is 0 Å². The summed E-state index contributed by atoms with van der Waals surface area (Å²) < 4.78 is 4.02. The van der Waals surface area contributed by atoms with Crippen molar-refractivity contribution in [2.24, 2.45) is 5.84 Å². The number of nitrogens with one attached hydrogen (secondary N) is 1. The standard InChI is InChI=1S/C11H14Br2N4S/c1-6(2)17-11(7(12)5-15-17)10(16-14)8-3-4-9(13)18-8/h3-6,10,16H,14H2,1-2H3. The molecule has 2 aromatic heterocycles. The highest BCUT2D eigenvalue weighted by Crippen LogP contribution is 2.34. The van der Waals surface area contributed by atoms with Crippen LogP contribution in [0.1, 0.15) is 36.5 Å². The number of nitrogens with two attached hydrogens (primary N) is 1. The Hall–Kier alpha value is -0.210. The zero-order chi connectivity index (χ0) is 13.3. The molecule has 18 heavy (non-hydrogen) atoms. The normalized spacial score (nSPS) is 13.2. The van der Waals surface area contributed by atoms with Gasteiger partial charge < -0.3 is 0 Å². The maximum atomic E-state index is 5.72. The van der Waals surface area contributed by atoms with Gasteiger partial charge in [0, 0.05) is 10.9 Å². The maximum Gasteiger partial charge on any atom is 0.0982 e. The first-order valence-corrected chi connectivity index (χ1v) is 7.89. The molecule has 7 heteroatoms. The fraction of sp³-hybridized carbons (Fsp3) is 0.364. The first-order valence-electron chi connectivity index (χ1n) is 5.48. The zero-order valence-electron chi connectivity index (χ0n) is 10.0. The molecular weight excluding hydrogens is 380 g/mol. The highest BCUT2D eigenvalue weighted by molar-refractivity contribution is 9.11. The molecule has 0 amide bonds. The highest BCUT2D eigenvalue weighted by Gasteiger charge is 2.23. The number of aromatic nitrogens is 2. The third kappa shape index (κ3) is 2.70. The van der Waals surface area contributed by atoms with Crippen molar-refractivity contribution in [3.8, 4) is 0 Å². The van der Waals surface area contributed by atoms with Crippen molar-refractivity contribution in [2.45, 2.75) is 25.9 Å². The van der Waals surface area contributed by atoms with Gasteiger partial charge in [-0.3, -0.25) is 10.5 Å². The molecule has 98 valence electrons. The van der Waals surface area contributed by atoms with E-state index in [1.54, 1.807) is 11.3 Å². The molecule has 0 fully saturated rings. The summed E-state index contributed by atoms with van der Waals surface area (Å²) in [4.78, 5) is 1.15. The third-order valence-electron chi connectivity index (χ3n) is 2.59. The van der Waals surface area contributed by atoms with Gasteiger partial charge in [-0.15, -0.1) is 11.3 Å². The van der Waals surface area contributed by atoms with Crippen LogP contribution in [-0.4, -0.2) is 9.78 Å². The Morgan fingerprint density at radius 3 is 2.61 bits per heavy atom. The van der Waals surface area contributed by atoms with Gasteiger partial charge in [-0.2, -0.15) is 5.10 Å². The summed E-state index contributed by atoms with van der Waals surface area (Å²) in [7, 11) is 0. The Bertz CT molecular complexity index is 535. The van der Waals surface area contributed by atoms with Crippen LogP contribution < -0.4 is 11.3 Å². The molecule has 2 aromatic rings. The van der Waals surface area contributed by atoms with Crippen LogP contribution in [0.3, 0.4) is 0 Å². The number of hydrogen-bond acceptors (Lipinski definition) is 4. The van der Waals surface area contributed by atoms with E-state index in [9.17, 15) is 0 Å². The molecule has 2 heterocycles. The summed E-state index contributed by atoms with van der Waals surface area (Å²) >= 11 is 8.68. The molecule has 0 aliphatic carbocycles. The third-order valence-corrected chi connectivity index (χ3v) is 4.89. The van der Waals surface area contributed by atoms with E-state index in [1.807, 2.05) is 16.9 Å². The topological polar surface area (TPSA) is 55.9 Å². The monoisotopic (exact) mass is 392 g/mol. The fourth-order valence-corrected chi connectivity index (χ4v) is 3.80. The molecule has 0 saturated heterocycles. The Balaban J connectivity index is 2.47. The lowest BCUT2D eigenvalue weighted by atomic mass is 10.1. The predicted octanol–water partition coefficient (Wildman–Crippen LogP) is 3.60. The summed E-state index contributed by atoms with van der Waals surface area (Å²) in [5, 5.41) is 4.38. The minimum atomic E-state index is -0.0689. The smallest absolute Gasteiger partial charge is 0.0982 e. The van der Waals surface area contributed by atoms with Crippen molar-refractivity contribution >= 4 is 43.2 Å². The molecule has 1 unspecified atom stereocenters. The number of thiophene rings is 1. The van der Waals surface area contributed by atoms with Crippen molar-refractivity contribution in [1.82, 2.24) is 15.2 Å². The number of hydrogen-bond donors (Lipinski definition) is 2. The molecule has 0 spiro atoms. The van der Waals surface area contributed by atoms with Gasteiger partial charge in [-0.25, -0.2) is 5.43 Å². The number of nitrogens with zero attached hydrogens (tertiary/aromatic N) is 2. The van der Waals surface area contributed by atoms with Crippen LogP contribution >= 0.6 is 43.2 Å². The maximum absolute atomic E-state index is 5.72. The van der Waals surface area contributed by atoms with Crippen LogP contribution in [0.15, 0.2) is 26.6 Å². The minimum Gasteiger partial charge on any atom is -0.270 e. The van der Waals surface area contributed by atoms with E-state index >= 15 is 0 Å². The second kappa shape index (κ2) is 5.83. The van der Waals surface area contributed by atoms with Crippen LogP contribution in [0.2, 0.25) is 0 Å². The van der Waals surface area contributed by atoms with Crippen molar-refractivity contribution < 1.29 is 0 Å². The van der Waals surface area contributed by atoms with Crippen LogP contribution in [0.5, 0.6) is 0 Å². The lowest BCUT2D eigenvalue weighted by molar-refractivity contribution is 0.477. The van der Waals surface area contributed by atoms with E-state index in [-0.39, 0.29) is 12.1 Å². The summed E-state index contributed by atoms with van der Waals surface area (Å²) in [6, 6.07) is 4.30. The highest BCUT2D eigenvalue weighted by atomic mass is 79.9. The zero-order valence-corrected chi connectivity index (χ0v) is 14.0. The van der Waals surface area contributed by atoms with Gasteiger partial charge in [0.2, 0.25) is 0 Å². The Morgan fingerprint density at radius 1 is 1.39 bits per heavy atom. The van der Waals surface area contributed by atoms with Crippen LogP contribution in [0.4, 0.5) is 0 Å². The number of rotatable bonds is 4. The van der Waals surface area contributed by atoms with E-state index in [0.717, 1.165) is 18.8 Å². The average Bonchev–Trinajstić information content (AvgIpc) is 2.88. The predicted molar refractivity (Wildman–Crippen MR) is 81.5 cm³/mol. The van der Waals surface area contributed by atoms with E-state index in [1.165, 1.54) is 0 Å². The molecule has 3 N–H and O–H groups in total. The summed E-state index contributed by atoms with van der Waals surface area (Å²) in [6.45, 7) is 4.20. The molecule has 0 saturated carbocycles. The molecule has 0 aliphatic rings. The Kier molecular flexibility index (Phi) is 4.60. The number of halogens is 2. The first-order chi connectivity index (χ1) is 8.54. The average molecular weight is 394 g/mol. The molecule has 0 bridgehead atoms. The van der Waals surface area contributed by atoms with Gasteiger partial charge in [0.15, 0.2) is 0 Å². The molecule has 1 atom stereocenters. The van der Waals surface area contributed by atoms with Gasteiger partial charge in [0.25, 0.3) is 0 Å². The number of hydrazine groups is 1. The molecule has 0 aromatic carbocycles. The molecule has 0 aliphatic heterocycles. The fourth-order valence-electron chi connectivity index (χ4n) is 1.81. The van der Waals surface area contributed by atoms with E-state index in [2.05, 4.69) is 62.3 Å². The van der Waals surface area contributed by atoms with Gasteiger partial charge in [0.1, 0.15) is 0 Å². The van der Waals surface area contributed by atoms with Crippen LogP contribution in [0.25, 0.3) is 0 Å². The lowest BCUT2D eigenvalue weighted by Crippen LogP contribution is -2.30. The second-order valence-corrected chi connectivity index (χ2v) is 7.51. The van der Waals surface area contributed by atoms with Gasteiger partial charge in [-0.1, -0.05) is 0 Å². The second-order valence-electron chi connectivity index (χ2n) is 4.16. The summed E-state index contributed by atoms with van der Waals surface area (Å²) in [5.74, 6) is 5.72.